The molecule has 0 atom stereocenters. The summed E-state index contributed by atoms with van der Waals surface area (Å²) in [5.41, 5.74) is 5.15. The van der Waals surface area contributed by atoms with Crippen LogP contribution in [0.4, 0.5) is 34.3 Å². The molecule has 0 amide bonds. The monoisotopic (exact) mass is 481 g/mol. The smallest absolute Gasteiger partial charge is 0.296 e. The number of H-pyrrole nitrogens is 1. The van der Waals surface area contributed by atoms with E-state index < -0.39 is 0 Å². The van der Waals surface area contributed by atoms with Gasteiger partial charge in [-0.05, 0) is 68.3 Å². The summed E-state index contributed by atoms with van der Waals surface area (Å²) in [6, 6.07) is 23.1. The first-order valence-corrected chi connectivity index (χ1v) is 12.2. The normalized spacial score (nSPS) is 11.5. The lowest BCUT2D eigenvalue weighted by atomic mass is 10.2. The molecule has 4 rings (SSSR count). The van der Waals surface area contributed by atoms with Crippen molar-refractivity contribution in [3.63, 3.8) is 0 Å². The Kier molecular flexibility index (Phi) is 8.18. The van der Waals surface area contributed by atoms with Crippen LogP contribution in [0.5, 0.6) is 0 Å². The van der Waals surface area contributed by atoms with Gasteiger partial charge in [-0.1, -0.05) is 55.7 Å². The molecule has 2 N–H and O–H groups in total. The van der Waals surface area contributed by atoms with Crippen LogP contribution in [-0.4, -0.2) is 9.78 Å². The van der Waals surface area contributed by atoms with Gasteiger partial charge in [-0.3, -0.25) is 9.89 Å². The molecule has 1 heterocycles. The maximum atomic E-state index is 13.1. The number of rotatable bonds is 10. The summed E-state index contributed by atoms with van der Waals surface area (Å²) in [5, 5.41) is 23.8. The molecule has 4 aromatic rings. The molecule has 8 nitrogen and oxygen atoms in total. The highest BCUT2D eigenvalue weighted by molar-refractivity contribution is 5.67. The van der Waals surface area contributed by atoms with Crippen molar-refractivity contribution < 1.29 is 0 Å². The average molecular weight is 482 g/mol. The minimum atomic E-state index is -0.200. The van der Waals surface area contributed by atoms with E-state index in [4.69, 9.17) is 0 Å². The van der Waals surface area contributed by atoms with E-state index in [9.17, 15) is 4.79 Å². The fourth-order valence-electron chi connectivity index (χ4n) is 3.64. The van der Waals surface area contributed by atoms with E-state index >= 15 is 0 Å². The van der Waals surface area contributed by atoms with Crippen molar-refractivity contribution in [2.75, 3.05) is 5.32 Å². The van der Waals surface area contributed by atoms with Gasteiger partial charge in [0.2, 0.25) is 0 Å². The number of aromatic amines is 1. The molecule has 3 aromatic carbocycles. The molecule has 0 aliphatic carbocycles. The number of nitrogens with zero attached hydrogens (tertiary/aromatic N) is 5. The van der Waals surface area contributed by atoms with Crippen LogP contribution in [0.2, 0.25) is 0 Å². The summed E-state index contributed by atoms with van der Waals surface area (Å²) < 4.78 is 1.60. The Morgan fingerprint density at radius 2 is 1.58 bits per heavy atom. The topological polar surface area (TPSA) is 99.3 Å². The Morgan fingerprint density at radius 1 is 0.833 bits per heavy atom. The highest BCUT2D eigenvalue weighted by Crippen LogP contribution is 2.29. The maximum absolute atomic E-state index is 13.1. The van der Waals surface area contributed by atoms with Crippen LogP contribution in [0, 0.1) is 13.8 Å². The van der Waals surface area contributed by atoms with Crippen LogP contribution in [-0.2, 0) is 6.54 Å². The lowest BCUT2D eigenvalue weighted by Crippen LogP contribution is -2.16. The van der Waals surface area contributed by atoms with Gasteiger partial charge in [-0.25, -0.2) is 4.68 Å². The average Bonchev–Trinajstić information content (AvgIpc) is 3.18. The molecule has 1 aromatic heterocycles. The van der Waals surface area contributed by atoms with Crippen molar-refractivity contribution >= 4 is 34.3 Å². The zero-order valence-electron chi connectivity index (χ0n) is 20.9. The molecule has 0 saturated carbocycles. The molecule has 184 valence electrons. The number of hydrogen-bond donors (Lipinski definition) is 2. The number of nitrogens with one attached hydrogen (secondary N) is 2. The Labute approximate surface area is 210 Å². The van der Waals surface area contributed by atoms with E-state index in [1.807, 2.05) is 86.6 Å². The van der Waals surface area contributed by atoms with Crippen molar-refractivity contribution in [1.82, 2.24) is 9.78 Å². The first-order valence-electron chi connectivity index (χ1n) is 12.2. The number of anilines is 2. The second-order valence-electron chi connectivity index (χ2n) is 8.70. The molecular formula is C28H31N7O. The minimum absolute atomic E-state index is 0.200. The van der Waals surface area contributed by atoms with Crippen molar-refractivity contribution in [2.24, 2.45) is 20.5 Å². The maximum Gasteiger partial charge on any atom is 0.296 e. The largest absolute Gasteiger partial charge is 0.339 e. The summed E-state index contributed by atoms with van der Waals surface area (Å²) in [5.74, 6) is 0.522. The highest BCUT2D eigenvalue weighted by Gasteiger charge is 2.14. The lowest BCUT2D eigenvalue weighted by Gasteiger charge is -2.05. The molecule has 0 bridgehead atoms. The number of hydrogen-bond acceptors (Lipinski definition) is 6. The van der Waals surface area contributed by atoms with Gasteiger partial charge < -0.3 is 5.32 Å². The lowest BCUT2D eigenvalue weighted by molar-refractivity contribution is 0.542. The van der Waals surface area contributed by atoms with E-state index in [-0.39, 0.29) is 11.2 Å². The molecule has 36 heavy (non-hydrogen) atoms. The summed E-state index contributed by atoms with van der Waals surface area (Å²) in [7, 11) is 0. The predicted octanol–water partition coefficient (Wildman–Crippen LogP) is 8.56. The van der Waals surface area contributed by atoms with Gasteiger partial charge in [0.1, 0.15) is 0 Å². The van der Waals surface area contributed by atoms with E-state index in [1.54, 1.807) is 4.68 Å². The summed E-state index contributed by atoms with van der Waals surface area (Å²) >= 11 is 0. The van der Waals surface area contributed by atoms with Crippen molar-refractivity contribution in [3.8, 4) is 0 Å². The van der Waals surface area contributed by atoms with Crippen LogP contribution in [0.15, 0.2) is 98.0 Å². The Bertz CT molecular complexity index is 1400. The second-order valence-corrected chi connectivity index (χ2v) is 8.70. The van der Waals surface area contributed by atoms with Gasteiger partial charge in [-0.15, -0.1) is 5.11 Å². The molecule has 0 aliphatic rings. The van der Waals surface area contributed by atoms with Crippen LogP contribution in [0.3, 0.4) is 0 Å². The third-order valence-electron chi connectivity index (χ3n) is 5.71. The number of unbranched alkanes of at least 4 members (excludes halogenated alkanes) is 2. The van der Waals surface area contributed by atoms with Crippen molar-refractivity contribution in [2.45, 2.75) is 46.6 Å². The Balaban J connectivity index is 1.58. The van der Waals surface area contributed by atoms with Gasteiger partial charge in [-0.2, -0.15) is 15.3 Å². The van der Waals surface area contributed by atoms with E-state index in [1.165, 1.54) is 0 Å². The first-order chi connectivity index (χ1) is 17.5. The van der Waals surface area contributed by atoms with Crippen LogP contribution in [0.25, 0.3) is 0 Å². The minimum Gasteiger partial charge on any atom is -0.339 e. The Morgan fingerprint density at radius 3 is 2.31 bits per heavy atom. The molecule has 8 heteroatoms. The third-order valence-corrected chi connectivity index (χ3v) is 5.71. The standard InChI is InChI=1S/C28H31N7O/c1-4-5-9-18-35-28(36)26(27(34-35)29-22-14-12-20(2)13-15-22)33-31-24-16-17-25(21(3)19-24)32-30-23-10-7-6-8-11-23/h6-8,10-17,19,29,34H,4-5,9,18H2,1-3H3. The van der Waals surface area contributed by atoms with E-state index in [0.717, 1.165) is 47.5 Å². The van der Waals surface area contributed by atoms with Gasteiger partial charge in [0.25, 0.3) is 5.56 Å². The van der Waals surface area contributed by atoms with Gasteiger partial charge in [0.15, 0.2) is 11.5 Å². The number of aryl methyl sites for hydroxylation is 3. The zero-order chi connectivity index (χ0) is 25.3. The highest BCUT2D eigenvalue weighted by atomic mass is 16.1. The fourth-order valence-corrected chi connectivity index (χ4v) is 3.64. The summed E-state index contributed by atoms with van der Waals surface area (Å²) in [6.07, 6.45) is 3.04. The van der Waals surface area contributed by atoms with Gasteiger partial charge in [0.05, 0.1) is 17.1 Å². The van der Waals surface area contributed by atoms with E-state index in [0.29, 0.717) is 18.1 Å². The van der Waals surface area contributed by atoms with Gasteiger partial charge >= 0.3 is 0 Å². The summed E-state index contributed by atoms with van der Waals surface area (Å²) in [4.78, 5) is 13.1. The SMILES string of the molecule is CCCCCn1[nH]c(Nc2ccc(C)cc2)c(N=Nc2ccc(N=Nc3ccccc3)c(C)c2)c1=O. The van der Waals surface area contributed by atoms with Crippen LogP contribution >= 0.6 is 0 Å². The molecule has 0 saturated heterocycles. The molecule has 0 unspecified atom stereocenters. The van der Waals surface area contributed by atoms with Crippen molar-refractivity contribution in [1.29, 1.82) is 0 Å². The second kappa shape index (κ2) is 11.9. The quantitative estimate of drug-likeness (QED) is 0.175. The fraction of sp³-hybridized carbons (Fsp3) is 0.250. The molecule has 0 spiro atoms. The first kappa shape index (κ1) is 24.8. The van der Waals surface area contributed by atoms with Gasteiger partial charge in [0, 0.05) is 12.2 Å². The van der Waals surface area contributed by atoms with Crippen LogP contribution < -0.4 is 10.9 Å². The van der Waals surface area contributed by atoms with E-state index in [2.05, 4.69) is 37.8 Å². The molecule has 0 fully saturated rings. The number of aromatic nitrogens is 2. The Hall–Kier alpha value is -4.33. The molecule has 0 aliphatic heterocycles. The molecular weight excluding hydrogens is 450 g/mol. The number of benzene rings is 3. The summed E-state index contributed by atoms with van der Waals surface area (Å²) in [6.45, 7) is 6.72. The zero-order valence-corrected chi connectivity index (χ0v) is 20.9. The number of azo groups is 2. The van der Waals surface area contributed by atoms with Crippen LogP contribution in [0.1, 0.15) is 37.3 Å². The third kappa shape index (κ3) is 6.41. The van der Waals surface area contributed by atoms with Crippen molar-refractivity contribution in [3.05, 3.63) is 94.3 Å². The predicted molar refractivity (Wildman–Crippen MR) is 145 cm³/mol. The molecule has 0 radical (unpaired) electrons.